The molecule has 0 radical (unpaired) electrons. The highest BCUT2D eigenvalue weighted by atomic mass is 19.1. The Hall–Kier alpha value is -0.890. The lowest BCUT2D eigenvalue weighted by Crippen LogP contribution is -2.37. The highest BCUT2D eigenvalue weighted by molar-refractivity contribution is 5.14. The van der Waals surface area contributed by atoms with Crippen molar-refractivity contribution in [2.75, 3.05) is 0 Å². The summed E-state index contributed by atoms with van der Waals surface area (Å²) in [6.07, 6.45) is 3.30. The number of benzene rings is 1. The van der Waals surface area contributed by atoms with Gasteiger partial charge in [-0.25, -0.2) is 4.39 Å². The second kappa shape index (κ2) is 4.96. The van der Waals surface area contributed by atoms with Gasteiger partial charge >= 0.3 is 0 Å². The first-order valence-corrected chi connectivity index (χ1v) is 6.12. The predicted octanol–water partition coefficient (Wildman–Crippen LogP) is 3.45. The molecule has 0 heterocycles. The summed E-state index contributed by atoms with van der Waals surface area (Å²) in [6.45, 7) is 2.62. The van der Waals surface area contributed by atoms with Gasteiger partial charge in [-0.3, -0.25) is 0 Å². The van der Waals surface area contributed by atoms with Crippen LogP contribution in [0.5, 0.6) is 0 Å². The van der Waals surface area contributed by atoms with Gasteiger partial charge in [0.1, 0.15) is 5.67 Å². The van der Waals surface area contributed by atoms with E-state index in [1.54, 1.807) is 6.92 Å². The summed E-state index contributed by atoms with van der Waals surface area (Å²) in [5, 5.41) is 3.51. The van der Waals surface area contributed by atoms with Gasteiger partial charge in [0, 0.05) is 12.6 Å². The van der Waals surface area contributed by atoms with Crippen LogP contribution in [-0.2, 0) is 6.54 Å². The number of hydrogen-bond acceptors (Lipinski definition) is 1. The third kappa shape index (κ3) is 3.31. The van der Waals surface area contributed by atoms with Crippen molar-refractivity contribution < 1.29 is 4.39 Å². The van der Waals surface area contributed by atoms with E-state index in [-0.39, 0.29) is 0 Å². The molecule has 0 aliphatic heterocycles. The molecule has 88 valence electrons. The van der Waals surface area contributed by atoms with E-state index in [9.17, 15) is 4.39 Å². The Morgan fingerprint density at radius 3 is 2.50 bits per heavy atom. The molecule has 0 unspecified atom stereocenters. The number of alkyl halides is 1. The third-order valence-electron chi connectivity index (χ3n) is 3.47. The second-order valence-corrected chi connectivity index (χ2v) is 5.05. The maximum Gasteiger partial charge on any atom is 0.108 e. The zero-order chi connectivity index (χ0) is 11.4. The zero-order valence-corrected chi connectivity index (χ0v) is 9.88. The summed E-state index contributed by atoms with van der Waals surface area (Å²) in [6, 6.07) is 10.9. The summed E-state index contributed by atoms with van der Waals surface area (Å²) in [5.41, 5.74) is 0.376. The van der Waals surface area contributed by atoms with Crippen LogP contribution in [-0.4, -0.2) is 11.7 Å². The number of nitrogens with one attached hydrogen (secondary N) is 1. The summed E-state index contributed by atoms with van der Waals surface area (Å²) < 4.78 is 13.6. The van der Waals surface area contributed by atoms with Gasteiger partial charge in [-0.15, -0.1) is 0 Å². The van der Waals surface area contributed by atoms with Gasteiger partial charge in [0.2, 0.25) is 0 Å². The van der Waals surface area contributed by atoms with Crippen LogP contribution < -0.4 is 5.32 Å². The van der Waals surface area contributed by atoms with Crippen molar-refractivity contribution in [3.63, 3.8) is 0 Å². The van der Waals surface area contributed by atoms with Crippen LogP contribution in [0.2, 0.25) is 0 Å². The van der Waals surface area contributed by atoms with Gasteiger partial charge in [0.05, 0.1) is 0 Å². The fraction of sp³-hybridized carbons (Fsp3) is 0.571. The van der Waals surface area contributed by atoms with Crippen molar-refractivity contribution in [3.8, 4) is 0 Å². The van der Waals surface area contributed by atoms with E-state index in [0.29, 0.717) is 18.9 Å². The van der Waals surface area contributed by atoms with Crippen molar-refractivity contribution in [3.05, 3.63) is 35.9 Å². The Bertz CT molecular complexity index is 311. The van der Waals surface area contributed by atoms with Crippen LogP contribution in [0.4, 0.5) is 4.39 Å². The second-order valence-electron chi connectivity index (χ2n) is 5.05. The maximum absolute atomic E-state index is 13.6. The standard InChI is InChI=1S/C14H20FN/c1-14(15)9-7-13(8-10-14)16-11-12-5-3-2-4-6-12/h2-6,13,16H,7-11H2,1H3. The molecule has 0 atom stereocenters. The van der Waals surface area contributed by atoms with E-state index < -0.39 is 5.67 Å². The van der Waals surface area contributed by atoms with E-state index in [1.807, 2.05) is 6.07 Å². The molecule has 1 N–H and O–H groups in total. The van der Waals surface area contributed by atoms with Crippen LogP contribution in [0.25, 0.3) is 0 Å². The molecule has 0 aromatic heterocycles. The maximum atomic E-state index is 13.6. The van der Waals surface area contributed by atoms with Crippen molar-refractivity contribution in [1.82, 2.24) is 5.32 Å². The van der Waals surface area contributed by atoms with Crippen molar-refractivity contribution >= 4 is 0 Å². The van der Waals surface area contributed by atoms with E-state index in [4.69, 9.17) is 0 Å². The first kappa shape index (κ1) is 11.6. The molecule has 2 heteroatoms. The molecule has 0 bridgehead atoms. The van der Waals surface area contributed by atoms with Crippen LogP contribution in [0.3, 0.4) is 0 Å². The van der Waals surface area contributed by atoms with Crippen molar-refractivity contribution in [2.45, 2.75) is 50.9 Å². The minimum absolute atomic E-state index is 0.490. The fourth-order valence-electron chi connectivity index (χ4n) is 2.28. The molecule has 2 rings (SSSR count). The Balaban J connectivity index is 1.76. The predicted molar refractivity (Wildman–Crippen MR) is 65.1 cm³/mol. The molecular formula is C14H20FN. The van der Waals surface area contributed by atoms with Gasteiger partial charge in [-0.05, 0) is 38.2 Å². The summed E-state index contributed by atoms with van der Waals surface area (Å²) in [7, 11) is 0. The van der Waals surface area contributed by atoms with E-state index in [2.05, 4.69) is 29.6 Å². The van der Waals surface area contributed by atoms with Gasteiger partial charge in [0.15, 0.2) is 0 Å². The highest BCUT2D eigenvalue weighted by Crippen LogP contribution is 2.31. The summed E-state index contributed by atoms with van der Waals surface area (Å²) >= 11 is 0. The highest BCUT2D eigenvalue weighted by Gasteiger charge is 2.30. The lowest BCUT2D eigenvalue weighted by Gasteiger charge is -2.31. The van der Waals surface area contributed by atoms with Gasteiger partial charge < -0.3 is 5.32 Å². The minimum Gasteiger partial charge on any atom is -0.310 e. The lowest BCUT2D eigenvalue weighted by molar-refractivity contribution is 0.113. The van der Waals surface area contributed by atoms with E-state index in [1.165, 1.54) is 5.56 Å². The topological polar surface area (TPSA) is 12.0 Å². The molecule has 0 amide bonds. The zero-order valence-electron chi connectivity index (χ0n) is 9.88. The molecule has 16 heavy (non-hydrogen) atoms. The Labute approximate surface area is 97.1 Å². The monoisotopic (exact) mass is 221 g/mol. The van der Waals surface area contributed by atoms with Gasteiger partial charge in [-0.1, -0.05) is 30.3 Å². The van der Waals surface area contributed by atoms with Crippen LogP contribution >= 0.6 is 0 Å². The van der Waals surface area contributed by atoms with Gasteiger partial charge in [-0.2, -0.15) is 0 Å². The molecule has 0 spiro atoms. The molecular weight excluding hydrogens is 201 g/mol. The largest absolute Gasteiger partial charge is 0.310 e. The number of rotatable bonds is 3. The molecule has 1 saturated carbocycles. The van der Waals surface area contributed by atoms with Gasteiger partial charge in [0.25, 0.3) is 0 Å². The van der Waals surface area contributed by atoms with Crippen molar-refractivity contribution in [2.24, 2.45) is 0 Å². The van der Waals surface area contributed by atoms with Crippen LogP contribution in [0.15, 0.2) is 30.3 Å². The fourth-order valence-corrected chi connectivity index (χ4v) is 2.28. The van der Waals surface area contributed by atoms with Crippen LogP contribution in [0.1, 0.15) is 38.2 Å². The summed E-state index contributed by atoms with van der Waals surface area (Å²) in [5.74, 6) is 0. The number of hydrogen-bond donors (Lipinski definition) is 1. The molecule has 1 fully saturated rings. The van der Waals surface area contributed by atoms with Crippen LogP contribution in [0, 0.1) is 0 Å². The molecule has 1 nitrogen and oxygen atoms in total. The van der Waals surface area contributed by atoms with E-state index in [0.717, 1.165) is 19.4 Å². The molecule has 1 aliphatic carbocycles. The van der Waals surface area contributed by atoms with E-state index >= 15 is 0 Å². The first-order valence-electron chi connectivity index (χ1n) is 6.12. The lowest BCUT2D eigenvalue weighted by atomic mass is 9.85. The number of halogens is 1. The SMILES string of the molecule is CC1(F)CCC(NCc2ccccc2)CC1. The Kier molecular flexibility index (Phi) is 3.59. The smallest absolute Gasteiger partial charge is 0.108 e. The average molecular weight is 221 g/mol. The molecule has 0 saturated heterocycles. The Morgan fingerprint density at radius 2 is 1.88 bits per heavy atom. The normalized spacial score (nSPS) is 30.2. The molecule has 1 aromatic rings. The third-order valence-corrected chi connectivity index (χ3v) is 3.47. The first-order chi connectivity index (χ1) is 7.66. The summed E-state index contributed by atoms with van der Waals surface area (Å²) in [4.78, 5) is 0. The van der Waals surface area contributed by atoms with Crippen molar-refractivity contribution in [1.29, 1.82) is 0 Å². The molecule has 1 aromatic carbocycles. The quantitative estimate of drug-likeness (QED) is 0.824. The Morgan fingerprint density at radius 1 is 1.25 bits per heavy atom. The molecule has 1 aliphatic rings. The minimum atomic E-state index is -0.926. The average Bonchev–Trinajstić information content (AvgIpc) is 2.29.